The maximum Gasteiger partial charge on any atom is 0.193 e. The van der Waals surface area contributed by atoms with E-state index in [0.29, 0.717) is 25.7 Å². The number of aliphatic imine (C=N–C) groups is 1. The third-order valence-corrected chi connectivity index (χ3v) is 6.81. The molecule has 2 fully saturated rings. The Labute approximate surface area is 162 Å². The molecule has 0 aliphatic carbocycles. The van der Waals surface area contributed by atoms with Gasteiger partial charge in [0.1, 0.15) is 6.10 Å². The summed E-state index contributed by atoms with van der Waals surface area (Å²) in [5, 5.41) is 3.20. The molecule has 24 heavy (non-hydrogen) atoms. The highest BCUT2D eigenvalue weighted by Gasteiger charge is 2.34. The molecule has 2 aliphatic rings. The van der Waals surface area contributed by atoms with E-state index >= 15 is 0 Å². The number of nitrogens with zero attached hydrogens (tertiary/aromatic N) is 2. The highest BCUT2D eigenvalue weighted by molar-refractivity contribution is 14.0. The maximum atomic E-state index is 11.8. The number of hydrogen-bond acceptors (Lipinski definition) is 5. The van der Waals surface area contributed by atoms with E-state index in [0.717, 1.165) is 26.0 Å². The van der Waals surface area contributed by atoms with Crippen LogP contribution in [0.1, 0.15) is 26.7 Å². The zero-order chi connectivity index (χ0) is 17.1. The normalized spacial score (nSPS) is 26.2. The van der Waals surface area contributed by atoms with Gasteiger partial charge >= 0.3 is 0 Å². The van der Waals surface area contributed by atoms with Crippen molar-refractivity contribution in [3.05, 3.63) is 0 Å². The van der Waals surface area contributed by atoms with Crippen molar-refractivity contribution >= 4 is 39.8 Å². The predicted molar refractivity (Wildman–Crippen MR) is 106 cm³/mol. The van der Waals surface area contributed by atoms with Crippen LogP contribution < -0.4 is 5.32 Å². The fourth-order valence-electron chi connectivity index (χ4n) is 2.74. The first-order valence-corrected chi connectivity index (χ1v) is 10.0. The summed E-state index contributed by atoms with van der Waals surface area (Å²) in [5.74, 6) is 0.716. The Bertz CT molecular complexity index is 533. The van der Waals surface area contributed by atoms with Crippen LogP contribution in [0.2, 0.25) is 0 Å². The largest absolute Gasteiger partial charge is 0.375 e. The lowest BCUT2D eigenvalue weighted by Gasteiger charge is -2.37. The lowest BCUT2D eigenvalue weighted by Crippen LogP contribution is -2.55. The molecule has 0 aromatic carbocycles. The molecule has 2 saturated heterocycles. The van der Waals surface area contributed by atoms with Crippen LogP contribution in [0.15, 0.2) is 4.99 Å². The Hall–Kier alpha value is -0.130. The third kappa shape index (κ3) is 5.43. The van der Waals surface area contributed by atoms with Crippen LogP contribution in [0, 0.1) is 0 Å². The number of halogens is 1. The van der Waals surface area contributed by atoms with Gasteiger partial charge in [0.15, 0.2) is 15.8 Å². The third-order valence-electron chi connectivity index (χ3n) is 4.66. The molecule has 2 unspecified atom stereocenters. The van der Waals surface area contributed by atoms with Gasteiger partial charge < -0.3 is 19.7 Å². The highest BCUT2D eigenvalue weighted by atomic mass is 127. The molecule has 0 aromatic heterocycles. The van der Waals surface area contributed by atoms with E-state index in [4.69, 9.17) is 9.47 Å². The lowest BCUT2D eigenvalue weighted by atomic mass is 10.1. The average molecular weight is 475 g/mol. The van der Waals surface area contributed by atoms with Crippen molar-refractivity contribution in [1.29, 1.82) is 0 Å². The summed E-state index contributed by atoms with van der Waals surface area (Å²) >= 11 is 0. The number of sulfone groups is 1. The Morgan fingerprint density at radius 1 is 1.29 bits per heavy atom. The van der Waals surface area contributed by atoms with Crippen molar-refractivity contribution in [2.75, 3.05) is 46.2 Å². The number of hydrogen-bond donors (Lipinski definition) is 1. The van der Waals surface area contributed by atoms with Gasteiger partial charge in [-0.1, -0.05) is 0 Å². The first-order valence-electron chi connectivity index (χ1n) is 8.13. The maximum absolute atomic E-state index is 11.8. The molecule has 1 N–H and O–H groups in total. The molecule has 2 aliphatic heterocycles. The number of morpholine rings is 1. The van der Waals surface area contributed by atoms with Crippen molar-refractivity contribution in [2.24, 2.45) is 4.99 Å². The van der Waals surface area contributed by atoms with Crippen LogP contribution in [-0.2, 0) is 19.3 Å². The summed E-state index contributed by atoms with van der Waals surface area (Å²) in [5.41, 5.74) is 0. The second-order valence-corrected chi connectivity index (χ2v) is 9.49. The summed E-state index contributed by atoms with van der Waals surface area (Å²) in [6.45, 7) is 6.64. The van der Waals surface area contributed by atoms with E-state index in [1.54, 1.807) is 20.9 Å². The van der Waals surface area contributed by atoms with E-state index in [2.05, 4.69) is 15.2 Å². The SMILES string of the molecule is CN=C(NCC(C)(C)S(C)(=O)=O)N1CCOC(C2CCCO2)C1.I. The molecule has 0 aromatic rings. The van der Waals surface area contributed by atoms with Crippen molar-refractivity contribution in [1.82, 2.24) is 10.2 Å². The predicted octanol–water partition coefficient (Wildman–Crippen LogP) is 0.883. The molecule has 2 rings (SSSR count). The second kappa shape index (κ2) is 9.00. The van der Waals surface area contributed by atoms with Gasteiger partial charge in [-0.15, -0.1) is 24.0 Å². The average Bonchev–Trinajstić information content (AvgIpc) is 3.01. The van der Waals surface area contributed by atoms with Gasteiger partial charge in [-0.05, 0) is 26.7 Å². The van der Waals surface area contributed by atoms with Crippen LogP contribution >= 0.6 is 24.0 Å². The molecule has 0 radical (unpaired) electrons. The number of nitrogens with one attached hydrogen (secondary N) is 1. The van der Waals surface area contributed by atoms with Gasteiger partial charge in [0, 0.05) is 39.5 Å². The van der Waals surface area contributed by atoms with Crippen LogP contribution in [-0.4, -0.2) is 82.4 Å². The first kappa shape index (κ1) is 21.9. The Kier molecular flexibility index (Phi) is 8.21. The van der Waals surface area contributed by atoms with Crippen molar-refractivity contribution in [3.8, 4) is 0 Å². The molecular weight excluding hydrogens is 445 g/mol. The fourth-order valence-corrected chi connectivity index (χ4v) is 3.08. The van der Waals surface area contributed by atoms with E-state index in [9.17, 15) is 8.42 Å². The molecular formula is C15H30IN3O4S. The second-order valence-electron chi connectivity index (χ2n) is 6.84. The minimum absolute atomic E-state index is 0. The summed E-state index contributed by atoms with van der Waals surface area (Å²) in [4.78, 5) is 6.42. The monoisotopic (exact) mass is 475 g/mol. The molecule has 0 spiro atoms. The number of rotatable bonds is 4. The first-order chi connectivity index (χ1) is 10.7. The Morgan fingerprint density at radius 3 is 2.50 bits per heavy atom. The molecule has 2 atom stereocenters. The molecule has 9 heteroatoms. The molecule has 7 nitrogen and oxygen atoms in total. The van der Waals surface area contributed by atoms with Gasteiger partial charge in [-0.3, -0.25) is 4.99 Å². The van der Waals surface area contributed by atoms with E-state index in [1.807, 2.05) is 0 Å². The van der Waals surface area contributed by atoms with Crippen molar-refractivity contribution in [2.45, 2.75) is 43.6 Å². The number of guanidine groups is 1. The number of ether oxygens (including phenoxy) is 2. The van der Waals surface area contributed by atoms with E-state index in [-0.39, 0.29) is 36.2 Å². The highest BCUT2D eigenvalue weighted by Crippen LogP contribution is 2.21. The quantitative estimate of drug-likeness (QED) is 0.370. The van der Waals surface area contributed by atoms with Gasteiger partial charge in [0.25, 0.3) is 0 Å². The smallest absolute Gasteiger partial charge is 0.193 e. The Balaban J connectivity index is 0.00000288. The zero-order valence-electron chi connectivity index (χ0n) is 14.9. The summed E-state index contributed by atoms with van der Waals surface area (Å²) in [6, 6.07) is 0. The minimum atomic E-state index is -3.14. The fraction of sp³-hybridized carbons (Fsp3) is 0.933. The molecule has 0 saturated carbocycles. The van der Waals surface area contributed by atoms with Gasteiger partial charge in [0.05, 0.1) is 17.5 Å². The topological polar surface area (TPSA) is 80.2 Å². The lowest BCUT2D eigenvalue weighted by molar-refractivity contribution is -0.0817. The van der Waals surface area contributed by atoms with Crippen LogP contribution in [0.3, 0.4) is 0 Å². The standard InChI is InChI=1S/C15H29N3O4S.HI/c1-15(2,23(4,19)20)11-17-14(16-3)18-7-9-22-13(10-18)12-6-5-8-21-12;/h12-13H,5-11H2,1-4H3,(H,16,17);1H. The van der Waals surface area contributed by atoms with Crippen molar-refractivity contribution < 1.29 is 17.9 Å². The van der Waals surface area contributed by atoms with E-state index in [1.165, 1.54) is 6.26 Å². The van der Waals surface area contributed by atoms with Crippen LogP contribution in [0.5, 0.6) is 0 Å². The van der Waals surface area contributed by atoms with Crippen LogP contribution in [0.4, 0.5) is 0 Å². The van der Waals surface area contributed by atoms with Crippen LogP contribution in [0.25, 0.3) is 0 Å². The molecule has 142 valence electrons. The summed E-state index contributed by atoms with van der Waals surface area (Å²) in [6.07, 6.45) is 3.59. The summed E-state index contributed by atoms with van der Waals surface area (Å²) in [7, 11) is -1.43. The molecule has 0 bridgehead atoms. The van der Waals surface area contributed by atoms with Gasteiger partial charge in [-0.25, -0.2) is 8.42 Å². The molecule has 2 heterocycles. The van der Waals surface area contributed by atoms with E-state index < -0.39 is 14.6 Å². The molecule has 0 amide bonds. The summed E-state index contributed by atoms with van der Waals surface area (Å²) < 4.78 is 34.4. The van der Waals surface area contributed by atoms with Crippen molar-refractivity contribution in [3.63, 3.8) is 0 Å². The van der Waals surface area contributed by atoms with Gasteiger partial charge in [0.2, 0.25) is 0 Å². The minimum Gasteiger partial charge on any atom is -0.375 e. The van der Waals surface area contributed by atoms with Gasteiger partial charge in [-0.2, -0.15) is 0 Å². The Morgan fingerprint density at radius 2 is 1.96 bits per heavy atom. The zero-order valence-corrected chi connectivity index (χ0v) is 18.1.